The van der Waals surface area contributed by atoms with E-state index in [0.717, 1.165) is 0 Å². The van der Waals surface area contributed by atoms with Gasteiger partial charge in [-0.05, 0) is 6.92 Å². The van der Waals surface area contributed by atoms with Crippen molar-refractivity contribution in [3.05, 3.63) is 0 Å². The van der Waals surface area contributed by atoms with Gasteiger partial charge in [0.1, 0.15) is 6.10 Å². The highest BCUT2D eigenvalue weighted by molar-refractivity contribution is 4.44. The van der Waals surface area contributed by atoms with Crippen LogP contribution in [-0.4, -0.2) is 57.6 Å². The Kier molecular flexibility index (Phi) is 25.2. The molecule has 0 aliphatic heterocycles. The van der Waals surface area contributed by atoms with Gasteiger partial charge in [-0.25, -0.2) is 0 Å². The standard InChI is InChI=1S/C3H8O3.C3H8O2.H4N2/c4-1-3(6)2-5;1-3(5)2-4;1-2/h3-6H,1-2H2;3-5H,2H2,1H3;1-2H2. The first-order valence-corrected chi connectivity index (χ1v) is 3.60. The first kappa shape index (κ1) is 18.5. The topological polar surface area (TPSA) is 153 Å². The molecule has 0 rings (SSSR count). The summed E-state index contributed by atoms with van der Waals surface area (Å²) in [6.45, 7) is 0.660. The summed E-state index contributed by atoms with van der Waals surface area (Å²) >= 11 is 0. The Labute approximate surface area is 77.2 Å². The van der Waals surface area contributed by atoms with Crippen molar-refractivity contribution in [1.82, 2.24) is 0 Å². The maximum absolute atomic E-state index is 8.17. The van der Waals surface area contributed by atoms with Crippen LogP contribution in [0.2, 0.25) is 0 Å². The Morgan fingerprint density at radius 3 is 1.15 bits per heavy atom. The van der Waals surface area contributed by atoms with Crippen LogP contribution in [0.3, 0.4) is 0 Å². The van der Waals surface area contributed by atoms with Crippen LogP contribution in [0.15, 0.2) is 0 Å². The molecule has 0 bridgehead atoms. The molecule has 9 N–H and O–H groups in total. The van der Waals surface area contributed by atoms with E-state index in [0.29, 0.717) is 0 Å². The van der Waals surface area contributed by atoms with E-state index < -0.39 is 12.2 Å². The number of hydrogen-bond donors (Lipinski definition) is 7. The predicted molar refractivity (Wildman–Crippen MR) is 47.3 cm³/mol. The molecule has 0 aliphatic carbocycles. The van der Waals surface area contributed by atoms with Crippen molar-refractivity contribution < 1.29 is 25.5 Å². The van der Waals surface area contributed by atoms with Crippen molar-refractivity contribution in [2.75, 3.05) is 19.8 Å². The smallest absolute Gasteiger partial charge is 0.100 e. The lowest BCUT2D eigenvalue weighted by Crippen LogP contribution is -2.15. The zero-order chi connectivity index (χ0) is 11.3. The molecule has 0 aromatic rings. The second-order valence-electron chi connectivity index (χ2n) is 2.05. The van der Waals surface area contributed by atoms with Gasteiger partial charge in [0.25, 0.3) is 0 Å². The quantitative estimate of drug-likeness (QED) is 0.184. The van der Waals surface area contributed by atoms with Crippen LogP contribution < -0.4 is 11.7 Å². The molecule has 0 radical (unpaired) electrons. The van der Waals surface area contributed by atoms with Crippen LogP contribution in [0.25, 0.3) is 0 Å². The van der Waals surface area contributed by atoms with Crippen molar-refractivity contribution in [1.29, 1.82) is 0 Å². The monoisotopic (exact) mass is 200 g/mol. The van der Waals surface area contributed by atoms with Crippen LogP contribution in [0, 0.1) is 0 Å². The second kappa shape index (κ2) is 17.7. The fraction of sp³-hybridized carbons (Fsp3) is 1.00. The molecule has 0 saturated heterocycles. The van der Waals surface area contributed by atoms with Crippen LogP contribution in [0.5, 0.6) is 0 Å². The molecule has 1 atom stereocenters. The molecule has 0 heterocycles. The number of hydrogen-bond acceptors (Lipinski definition) is 7. The SMILES string of the molecule is CC(O)CO.NN.OCC(O)CO. The van der Waals surface area contributed by atoms with Crippen molar-refractivity contribution in [3.63, 3.8) is 0 Å². The third-order valence-corrected chi connectivity index (χ3v) is 0.686. The minimum Gasteiger partial charge on any atom is -0.394 e. The van der Waals surface area contributed by atoms with E-state index in [1.54, 1.807) is 0 Å². The molecular weight excluding hydrogens is 180 g/mol. The molecule has 0 fully saturated rings. The van der Waals surface area contributed by atoms with E-state index in [9.17, 15) is 0 Å². The lowest BCUT2D eigenvalue weighted by Gasteiger charge is -1.96. The molecule has 13 heavy (non-hydrogen) atoms. The van der Waals surface area contributed by atoms with E-state index in [2.05, 4.69) is 11.7 Å². The molecular formula is C6H20N2O5. The Morgan fingerprint density at radius 2 is 1.15 bits per heavy atom. The van der Waals surface area contributed by atoms with Gasteiger partial charge in [-0.15, -0.1) is 0 Å². The normalized spacial score (nSPS) is 10.8. The maximum Gasteiger partial charge on any atom is 0.100 e. The zero-order valence-electron chi connectivity index (χ0n) is 7.67. The van der Waals surface area contributed by atoms with Crippen LogP contribution in [-0.2, 0) is 0 Å². The lowest BCUT2D eigenvalue weighted by molar-refractivity contribution is 0.0450. The van der Waals surface area contributed by atoms with Crippen LogP contribution >= 0.6 is 0 Å². The van der Waals surface area contributed by atoms with Crippen molar-refractivity contribution in [3.8, 4) is 0 Å². The number of aliphatic hydroxyl groups excluding tert-OH is 5. The van der Waals surface area contributed by atoms with Gasteiger partial charge in [0.2, 0.25) is 0 Å². The van der Waals surface area contributed by atoms with Crippen LogP contribution in [0.4, 0.5) is 0 Å². The first-order chi connectivity index (χ1) is 6.08. The summed E-state index contributed by atoms with van der Waals surface area (Å²) in [6.07, 6.45) is -1.51. The summed E-state index contributed by atoms with van der Waals surface area (Å²) in [7, 11) is 0. The molecule has 0 saturated carbocycles. The highest BCUT2D eigenvalue weighted by Gasteiger charge is 1.93. The second-order valence-corrected chi connectivity index (χ2v) is 2.05. The summed E-state index contributed by atoms with van der Waals surface area (Å²) < 4.78 is 0. The highest BCUT2D eigenvalue weighted by atomic mass is 16.3. The summed E-state index contributed by atoms with van der Waals surface area (Å²) in [6, 6.07) is 0. The molecule has 7 heteroatoms. The molecule has 0 aliphatic rings. The molecule has 0 aromatic heterocycles. The Balaban J connectivity index is -0.000000131. The fourth-order valence-electron chi connectivity index (χ4n) is 0.0577. The van der Waals surface area contributed by atoms with Gasteiger partial charge in [-0.3, -0.25) is 11.7 Å². The van der Waals surface area contributed by atoms with Gasteiger partial charge >= 0.3 is 0 Å². The van der Waals surface area contributed by atoms with E-state index in [-0.39, 0.29) is 19.8 Å². The third kappa shape index (κ3) is 33.8. The largest absolute Gasteiger partial charge is 0.394 e. The van der Waals surface area contributed by atoms with E-state index in [1.807, 2.05) is 0 Å². The molecule has 84 valence electrons. The summed E-state index contributed by atoms with van der Waals surface area (Å²) in [5, 5.41) is 40.0. The van der Waals surface area contributed by atoms with Crippen LogP contribution in [0.1, 0.15) is 6.92 Å². The Hall–Kier alpha value is -0.280. The van der Waals surface area contributed by atoms with Gasteiger partial charge < -0.3 is 25.5 Å². The summed E-state index contributed by atoms with van der Waals surface area (Å²) in [5.74, 6) is 8.00. The number of nitrogens with two attached hydrogens (primary N) is 2. The van der Waals surface area contributed by atoms with Crippen molar-refractivity contribution in [2.45, 2.75) is 19.1 Å². The van der Waals surface area contributed by atoms with Gasteiger partial charge in [0.15, 0.2) is 0 Å². The molecule has 0 aromatic carbocycles. The number of hydrazine groups is 1. The van der Waals surface area contributed by atoms with Crippen molar-refractivity contribution in [2.24, 2.45) is 11.7 Å². The highest BCUT2D eigenvalue weighted by Crippen LogP contribution is 1.71. The molecule has 0 spiro atoms. The minimum atomic E-state index is -0.954. The average molecular weight is 200 g/mol. The van der Waals surface area contributed by atoms with Gasteiger partial charge in [0.05, 0.1) is 25.9 Å². The number of rotatable bonds is 3. The zero-order valence-corrected chi connectivity index (χ0v) is 7.67. The van der Waals surface area contributed by atoms with Gasteiger partial charge in [-0.2, -0.15) is 0 Å². The van der Waals surface area contributed by atoms with E-state index in [1.165, 1.54) is 6.92 Å². The summed E-state index contributed by atoms with van der Waals surface area (Å²) in [5.41, 5.74) is 0. The lowest BCUT2D eigenvalue weighted by atomic mass is 10.4. The Morgan fingerprint density at radius 1 is 0.923 bits per heavy atom. The maximum atomic E-state index is 8.17. The molecule has 0 amide bonds. The van der Waals surface area contributed by atoms with E-state index in [4.69, 9.17) is 25.5 Å². The van der Waals surface area contributed by atoms with Crippen molar-refractivity contribution >= 4 is 0 Å². The van der Waals surface area contributed by atoms with Gasteiger partial charge in [0, 0.05) is 0 Å². The fourth-order valence-corrected chi connectivity index (χ4v) is 0.0577. The predicted octanol–water partition coefficient (Wildman–Crippen LogP) is -3.49. The Bertz CT molecular complexity index is 70.0. The minimum absolute atomic E-state index is 0.139. The molecule has 1 unspecified atom stereocenters. The number of aliphatic hydroxyl groups is 5. The molecule has 7 nitrogen and oxygen atoms in total. The summed E-state index contributed by atoms with van der Waals surface area (Å²) in [4.78, 5) is 0. The van der Waals surface area contributed by atoms with E-state index >= 15 is 0 Å². The average Bonchev–Trinajstić information content (AvgIpc) is 2.20. The van der Waals surface area contributed by atoms with Gasteiger partial charge in [-0.1, -0.05) is 0 Å². The first-order valence-electron chi connectivity index (χ1n) is 3.60. The third-order valence-electron chi connectivity index (χ3n) is 0.686.